The number of hydrogen-bond acceptors (Lipinski definition) is 3. The normalized spacial score (nSPS) is 16.4. The molecule has 176 valence electrons. The standard InChI is InChI=1S/C28H33N5O/c1-6-17(2)29-27(34)20-9-7-19(8-10-20)18(3)33-16-22-13-21(11-12-24(22)32-33)26-23-14-28(4,5)15-25(23)30-31-26/h7-13,16-18H,6,14-15H2,1-5H3,(H,29,34)(H,30,31)/t17-,18?/m1/s1. The van der Waals surface area contributed by atoms with E-state index in [0.717, 1.165) is 47.0 Å². The molecule has 0 bridgehead atoms. The number of hydrogen-bond donors (Lipinski definition) is 2. The molecular weight excluding hydrogens is 422 g/mol. The summed E-state index contributed by atoms with van der Waals surface area (Å²) in [6.07, 6.45) is 5.11. The molecule has 34 heavy (non-hydrogen) atoms. The molecule has 2 aromatic carbocycles. The zero-order chi connectivity index (χ0) is 24.0. The molecule has 1 aliphatic carbocycles. The lowest BCUT2D eigenvalue weighted by Crippen LogP contribution is -2.31. The highest BCUT2D eigenvalue weighted by Gasteiger charge is 2.32. The van der Waals surface area contributed by atoms with Crippen LogP contribution in [0.4, 0.5) is 0 Å². The van der Waals surface area contributed by atoms with Gasteiger partial charge in [-0.15, -0.1) is 0 Å². The van der Waals surface area contributed by atoms with Crippen molar-refractivity contribution in [3.05, 3.63) is 71.0 Å². The second-order valence-corrected chi connectivity index (χ2v) is 10.5. The lowest BCUT2D eigenvalue weighted by atomic mass is 9.90. The summed E-state index contributed by atoms with van der Waals surface area (Å²) in [5, 5.41) is 16.8. The molecular formula is C28H33N5O. The van der Waals surface area contributed by atoms with E-state index < -0.39 is 0 Å². The molecule has 2 N–H and O–H groups in total. The van der Waals surface area contributed by atoms with E-state index >= 15 is 0 Å². The smallest absolute Gasteiger partial charge is 0.251 e. The Morgan fingerprint density at radius 2 is 1.91 bits per heavy atom. The molecule has 4 aromatic rings. The molecule has 2 atom stereocenters. The van der Waals surface area contributed by atoms with Gasteiger partial charge in [-0.3, -0.25) is 14.6 Å². The number of carbonyl (C=O) groups is 1. The van der Waals surface area contributed by atoms with Crippen molar-refractivity contribution in [2.45, 2.75) is 66.0 Å². The Morgan fingerprint density at radius 3 is 2.65 bits per heavy atom. The van der Waals surface area contributed by atoms with Crippen LogP contribution in [0.5, 0.6) is 0 Å². The molecule has 6 nitrogen and oxygen atoms in total. The third-order valence-corrected chi connectivity index (χ3v) is 7.10. The maximum atomic E-state index is 12.4. The van der Waals surface area contributed by atoms with Crippen molar-refractivity contribution in [3.63, 3.8) is 0 Å². The molecule has 0 fully saturated rings. The van der Waals surface area contributed by atoms with Gasteiger partial charge in [0.1, 0.15) is 0 Å². The van der Waals surface area contributed by atoms with Crippen molar-refractivity contribution in [3.8, 4) is 11.3 Å². The third-order valence-electron chi connectivity index (χ3n) is 7.10. The van der Waals surface area contributed by atoms with Gasteiger partial charge in [0.2, 0.25) is 0 Å². The van der Waals surface area contributed by atoms with Crippen LogP contribution in [-0.2, 0) is 12.8 Å². The van der Waals surface area contributed by atoms with Crippen LogP contribution in [0.3, 0.4) is 0 Å². The molecule has 0 radical (unpaired) electrons. The van der Waals surface area contributed by atoms with Gasteiger partial charge in [0.15, 0.2) is 0 Å². The second-order valence-electron chi connectivity index (χ2n) is 10.5. The molecule has 2 heterocycles. The Morgan fingerprint density at radius 1 is 1.15 bits per heavy atom. The molecule has 5 rings (SSSR count). The minimum Gasteiger partial charge on any atom is -0.350 e. The number of nitrogens with zero attached hydrogens (tertiary/aromatic N) is 3. The summed E-state index contributed by atoms with van der Waals surface area (Å²) in [7, 11) is 0. The Bertz CT molecular complexity index is 1350. The van der Waals surface area contributed by atoms with Crippen LogP contribution >= 0.6 is 0 Å². The number of rotatable bonds is 6. The van der Waals surface area contributed by atoms with Gasteiger partial charge in [-0.2, -0.15) is 10.2 Å². The highest BCUT2D eigenvalue weighted by atomic mass is 16.1. The first-order chi connectivity index (χ1) is 16.2. The monoisotopic (exact) mass is 455 g/mol. The average Bonchev–Trinajstić information content (AvgIpc) is 3.49. The van der Waals surface area contributed by atoms with Crippen molar-refractivity contribution in [2.75, 3.05) is 0 Å². The zero-order valence-corrected chi connectivity index (χ0v) is 20.6. The van der Waals surface area contributed by atoms with Crippen molar-refractivity contribution < 1.29 is 4.79 Å². The van der Waals surface area contributed by atoms with E-state index in [0.29, 0.717) is 5.56 Å². The summed E-state index contributed by atoms with van der Waals surface area (Å²) < 4.78 is 2.00. The number of fused-ring (bicyclic) bond motifs is 2. The van der Waals surface area contributed by atoms with Crippen molar-refractivity contribution in [2.24, 2.45) is 5.41 Å². The maximum absolute atomic E-state index is 12.4. The SMILES string of the molecule is CC[C@@H](C)NC(=O)c1ccc(C(C)n2cc3cc(-c4n[nH]c5c4CC(C)(C)C5)ccc3n2)cc1. The summed E-state index contributed by atoms with van der Waals surface area (Å²) in [4.78, 5) is 12.4. The number of benzene rings is 2. The van der Waals surface area contributed by atoms with Gasteiger partial charge in [-0.25, -0.2) is 0 Å². The molecule has 0 saturated carbocycles. The summed E-state index contributed by atoms with van der Waals surface area (Å²) in [6.45, 7) is 10.8. The van der Waals surface area contributed by atoms with Crippen molar-refractivity contribution >= 4 is 16.8 Å². The van der Waals surface area contributed by atoms with E-state index in [-0.39, 0.29) is 23.4 Å². The predicted molar refractivity (Wildman–Crippen MR) is 136 cm³/mol. The quantitative estimate of drug-likeness (QED) is 0.392. The topological polar surface area (TPSA) is 75.6 Å². The van der Waals surface area contributed by atoms with Crippen LogP contribution in [0, 0.1) is 5.41 Å². The first-order valence-corrected chi connectivity index (χ1v) is 12.2. The van der Waals surface area contributed by atoms with Crippen LogP contribution in [-0.4, -0.2) is 31.9 Å². The second kappa shape index (κ2) is 8.42. The average molecular weight is 456 g/mol. The van der Waals surface area contributed by atoms with Gasteiger partial charge < -0.3 is 5.32 Å². The summed E-state index contributed by atoms with van der Waals surface area (Å²) in [6, 6.07) is 14.4. The maximum Gasteiger partial charge on any atom is 0.251 e. The number of amides is 1. The number of aromatic nitrogens is 4. The van der Waals surface area contributed by atoms with E-state index in [4.69, 9.17) is 5.10 Å². The number of H-pyrrole nitrogens is 1. The molecule has 2 aromatic heterocycles. The van der Waals surface area contributed by atoms with E-state index in [1.807, 2.05) is 35.9 Å². The van der Waals surface area contributed by atoms with E-state index in [1.54, 1.807) is 0 Å². The molecule has 0 saturated heterocycles. The van der Waals surface area contributed by atoms with Crippen LogP contribution in [0.15, 0.2) is 48.7 Å². The summed E-state index contributed by atoms with van der Waals surface area (Å²) in [5.41, 5.74) is 7.86. The van der Waals surface area contributed by atoms with Crippen molar-refractivity contribution in [1.82, 2.24) is 25.3 Å². The van der Waals surface area contributed by atoms with Crippen molar-refractivity contribution in [1.29, 1.82) is 0 Å². The number of carbonyl (C=O) groups excluding carboxylic acids is 1. The first kappa shape index (κ1) is 22.4. The van der Waals surface area contributed by atoms with Gasteiger partial charge >= 0.3 is 0 Å². The van der Waals surface area contributed by atoms with E-state index in [1.165, 1.54) is 11.3 Å². The fourth-order valence-corrected chi connectivity index (χ4v) is 4.86. The summed E-state index contributed by atoms with van der Waals surface area (Å²) in [5.74, 6) is -0.0286. The molecule has 0 aliphatic heterocycles. The zero-order valence-electron chi connectivity index (χ0n) is 20.6. The Balaban J connectivity index is 1.38. The first-order valence-electron chi connectivity index (χ1n) is 12.2. The number of nitrogens with one attached hydrogen (secondary N) is 2. The molecule has 1 unspecified atom stereocenters. The highest BCUT2D eigenvalue weighted by molar-refractivity contribution is 5.94. The Hall–Kier alpha value is -3.41. The lowest BCUT2D eigenvalue weighted by molar-refractivity contribution is 0.0939. The Labute approximate surface area is 200 Å². The third kappa shape index (κ3) is 4.13. The van der Waals surface area contributed by atoms with Gasteiger partial charge in [0.25, 0.3) is 5.91 Å². The lowest BCUT2D eigenvalue weighted by Gasteiger charge is -2.15. The van der Waals surface area contributed by atoms with Gasteiger partial charge in [-0.1, -0.05) is 39.0 Å². The predicted octanol–water partition coefficient (Wildman–Crippen LogP) is 5.69. The minimum absolute atomic E-state index is 0.0286. The molecule has 1 aliphatic rings. The summed E-state index contributed by atoms with van der Waals surface area (Å²) >= 11 is 0. The Kier molecular flexibility index (Phi) is 5.54. The van der Waals surface area contributed by atoms with Gasteiger partial charge in [0, 0.05) is 40.0 Å². The van der Waals surface area contributed by atoms with Gasteiger partial charge in [-0.05, 0) is 68.4 Å². The fourth-order valence-electron chi connectivity index (χ4n) is 4.86. The van der Waals surface area contributed by atoms with Crippen LogP contribution in [0.1, 0.15) is 74.3 Å². The van der Waals surface area contributed by atoms with Crippen LogP contribution < -0.4 is 5.32 Å². The molecule has 1 amide bonds. The fraction of sp³-hybridized carbons (Fsp3) is 0.393. The van der Waals surface area contributed by atoms with Crippen LogP contribution in [0.2, 0.25) is 0 Å². The van der Waals surface area contributed by atoms with E-state index in [2.05, 4.69) is 67.6 Å². The highest BCUT2D eigenvalue weighted by Crippen LogP contribution is 2.40. The van der Waals surface area contributed by atoms with Gasteiger partial charge in [0.05, 0.1) is 17.3 Å². The van der Waals surface area contributed by atoms with E-state index in [9.17, 15) is 4.79 Å². The largest absolute Gasteiger partial charge is 0.350 e. The van der Waals surface area contributed by atoms with Crippen LogP contribution in [0.25, 0.3) is 22.2 Å². The molecule has 6 heteroatoms. The number of aromatic amines is 1. The minimum atomic E-state index is -0.0286. The molecule has 0 spiro atoms.